The molecule has 0 saturated carbocycles. The maximum Gasteiger partial charge on any atom is 0.266 e. The van der Waals surface area contributed by atoms with E-state index in [1.165, 1.54) is 17.8 Å². The highest BCUT2D eigenvalue weighted by atomic mass is 79.9. The normalized spacial score (nSPS) is 15.0. The molecule has 1 aliphatic heterocycles. The van der Waals surface area contributed by atoms with Crippen molar-refractivity contribution in [2.24, 2.45) is 0 Å². The number of thiocarbonyl (C=S) groups is 1. The van der Waals surface area contributed by atoms with E-state index in [1.807, 2.05) is 43.3 Å². The van der Waals surface area contributed by atoms with Crippen molar-refractivity contribution in [2.75, 3.05) is 0 Å². The Morgan fingerprint density at radius 1 is 1.12 bits per heavy atom. The number of rotatable bonds is 6. The number of nitrogens with zero attached hydrogens (tertiary/aromatic N) is 1. The Morgan fingerprint density at radius 3 is 2.62 bits per heavy atom. The third-order valence-corrected chi connectivity index (χ3v) is 6.81. The zero-order valence-electron chi connectivity index (χ0n) is 17.2. The molecular weight excluding hydrogens is 509 g/mol. The summed E-state index contributed by atoms with van der Waals surface area (Å²) >= 11 is 10.2. The Bertz CT molecular complexity index is 1210. The highest BCUT2D eigenvalue weighted by Crippen LogP contribution is 2.36. The first-order valence-corrected chi connectivity index (χ1v) is 11.9. The first-order valence-electron chi connectivity index (χ1n) is 9.87. The number of ether oxygens (including phenoxy) is 1. The first kappa shape index (κ1) is 22.7. The molecule has 1 fully saturated rings. The number of amides is 1. The number of benzene rings is 3. The van der Waals surface area contributed by atoms with E-state index in [-0.39, 0.29) is 18.3 Å². The standard InChI is InChI=1S/C25H19BrFNO2S2/c1-16-6-8-17(9-7-16)14-28-24(29)23(32-25(28)31)13-19-12-20(26)10-11-22(19)30-15-18-4-2-3-5-21(18)27/h2-13H,14-15H2,1H3/b23-13-. The summed E-state index contributed by atoms with van der Waals surface area (Å²) < 4.78 is 21.2. The van der Waals surface area contributed by atoms with Crippen molar-refractivity contribution in [1.29, 1.82) is 0 Å². The van der Waals surface area contributed by atoms with E-state index in [0.29, 0.717) is 32.6 Å². The van der Waals surface area contributed by atoms with Crippen LogP contribution in [-0.4, -0.2) is 15.1 Å². The third-order valence-electron chi connectivity index (χ3n) is 4.93. The second-order valence-corrected chi connectivity index (χ2v) is 9.91. The average molecular weight is 528 g/mol. The minimum atomic E-state index is -0.317. The Balaban J connectivity index is 1.55. The van der Waals surface area contributed by atoms with Crippen LogP contribution in [-0.2, 0) is 17.9 Å². The number of halogens is 2. The highest BCUT2D eigenvalue weighted by molar-refractivity contribution is 9.10. The molecule has 3 aromatic carbocycles. The van der Waals surface area contributed by atoms with Gasteiger partial charge in [0.1, 0.15) is 22.5 Å². The molecule has 4 rings (SSSR count). The van der Waals surface area contributed by atoms with Crippen LogP contribution < -0.4 is 4.74 Å². The molecule has 32 heavy (non-hydrogen) atoms. The summed E-state index contributed by atoms with van der Waals surface area (Å²) in [4.78, 5) is 15.2. The molecule has 1 saturated heterocycles. The Hall–Kier alpha value is -2.48. The predicted octanol–water partition coefficient (Wildman–Crippen LogP) is 6.88. The van der Waals surface area contributed by atoms with Crippen LogP contribution in [0.3, 0.4) is 0 Å². The monoisotopic (exact) mass is 527 g/mol. The summed E-state index contributed by atoms with van der Waals surface area (Å²) in [7, 11) is 0. The van der Waals surface area contributed by atoms with E-state index in [4.69, 9.17) is 17.0 Å². The second-order valence-electron chi connectivity index (χ2n) is 7.32. The SMILES string of the molecule is Cc1ccc(CN2C(=O)/C(=C/c3cc(Br)ccc3OCc3ccccc3F)SC2=S)cc1. The van der Waals surface area contributed by atoms with E-state index >= 15 is 0 Å². The van der Waals surface area contributed by atoms with Crippen LogP contribution >= 0.6 is 39.9 Å². The Morgan fingerprint density at radius 2 is 1.88 bits per heavy atom. The highest BCUT2D eigenvalue weighted by Gasteiger charge is 2.32. The fraction of sp³-hybridized carbons (Fsp3) is 0.120. The number of thioether (sulfide) groups is 1. The summed E-state index contributed by atoms with van der Waals surface area (Å²) in [6, 6.07) is 20.0. The van der Waals surface area contributed by atoms with Crippen LogP contribution in [0.25, 0.3) is 6.08 Å². The lowest BCUT2D eigenvalue weighted by molar-refractivity contribution is -0.122. The molecule has 0 aromatic heterocycles. The topological polar surface area (TPSA) is 29.5 Å². The van der Waals surface area contributed by atoms with Crippen molar-refractivity contribution in [3.63, 3.8) is 0 Å². The van der Waals surface area contributed by atoms with E-state index in [1.54, 1.807) is 35.2 Å². The lowest BCUT2D eigenvalue weighted by atomic mass is 10.1. The van der Waals surface area contributed by atoms with Crippen molar-refractivity contribution >= 4 is 56.2 Å². The minimum absolute atomic E-state index is 0.0868. The number of aryl methyl sites for hydroxylation is 1. The van der Waals surface area contributed by atoms with Gasteiger partial charge in [0.05, 0.1) is 11.4 Å². The van der Waals surface area contributed by atoms with Gasteiger partial charge in [-0.25, -0.2) is 4.39 Å². The van der Waals surface area contributed by atoms with Gasteiger partial charge in [-0.2, -0.15) is 0 Å². The minimum Gasteiger partial charge on any atom is -0.488 e. The van der Waals surface area contributed by atoms with Gasteiger partial charge in [0.2, 0.25) is 0 Å². The molecule has 0 unspecified atom stereocenters. The van der Waals surface area contributed by atoms with Gasteiger partial charge < -0.3 is 4.74 Å². The lowest BCUT2D eigenvalue weighted by Gasteiger charge is -2.14. The van der Waals surface area contributed by atoms with Crippen molar-refractivity contribution in [3.8, 4) is 5.75 Å². The summed E-state index contributed by atoms with van der Waals surface area (Å²) in [6.07, 6.45) is 1.77. The van der Waals surface area contributed by atoms with E-state index in [9.17, 15) is 9.18 Å². The molecule has 0 spiro atoms. The molecule has 0 N–H and O–H groups in total. The Labute approximate surface area is 204 Å². The summed E-state index contributed by atoms with van der Waals surface area (Å²) in [5.41, 5.74) is 3.36. The van der Waals surface area contributed by atoms with Gasteiger partial charge in [-0.05, 0) is 42.8 Å². The van der Waals surface area contributed by atoms with Gasteiger partial charge >= 0.3 is 0 Å². The summed E-state index contributed by atoms with van der Waals surface area (Å²) in [5, 5.41) is 0. The van der Waals surface area contributed by atoms with Gasteiger partial charge in [0.15, 0.2) is 0 Å². The molecule has 1 heterocycles. The van der Waals surface area contributed by atoms with Gasteiger partial charge in [-0.15, -0.1) is 0 Å². The largest absolute Gasteiger partial charge is 0.488 e. The van der Waals surface area contributed by atoms with Crippen LogP contribution in [0, 0.1) is 12.7 Å². The molecule has 3 aromatic rings. The molecule has 162 valence electrons. The van der Waals surface area contributed by atoms with E-state index in [2.05, 4.69) is 15.9 Å². The maximum absolute atomic E-state index is 14.0. The zero-order chi connectivity index (χ0) is 22.7. The fourth-order valence-corrected chi connectivity index (χ4v) is 4.81. The average Bonchev–Trinajstić information content (AvgIpc) is 3.03. The second kappa shape index (κ2) is 9.98. The predicted molar refractivity (Wildman–Crippen MR) is 135 cm³/mol. The van der Waals surface area contributed by atoms with Crippen molar-refractivity contribution in [2.45, 2.75) is 20.1 Å². The van der Waals surface area contributed by atoms with Gasteiger partial charge in [-0.3, -0.25) is 9.69 Å². The maximum atomic E-state index is 14.0. The molecule has 7 heteroatoms. The zero-order valence-corrected chi connectivity index (χ0v) is 20.4. The molecule has 3 nitrogen and oxygen atoms in total. The van der Waals surface area contributed by atoms with Crippen LogP contribution in [0.2, 0.25) is 0 Å². The van der Waals surface area contributed by atoms with Gasteiger partial charge in [-0.1, -0.05) is 87.9 Å². The molecule has 0 atom stereocenters. The van der Waals surface area contributed by atoms with E-state index < -0.39 is 0 Å². The molecule has 0 radical (unpaired) electrons. The van der Waals surface area contributed by atoms with Gasteiger partial charge in [0, 0.05) is 15.6 Å². The quantitative estimate of drug-likeness (QED) is 0.258. The fourth-order valence-electron chi connectivity index (χ4n) is 3.19. The smallest absolute Gasteiger partial charge is 0.266 e. The summed E-state index contributed by atoms with van der Waals surface area (Å²) in [6.45, 7) is 2.54. The number of hydrogen-bond donors (Lipinski definition) is 0. The lowest BCUT2D eigenvalue weighted by Crippen LogP contribution is -2.27. The molecule has 1 aliphatic rings. The molecule has 1 amide bonds. The van der Waals surface area contributed by atoms with Crippen LogP contribution in [0.5, 0.6) is 5.75 Å². The molecular formula is C25H19BrFNO2S2. The van der Waals surface area contributed by atoms with Crippen LogP contribution in [0.15, 0.2) is 76.1 Å². The van der Waals surface area contributed by atoms with Crippen molar-refractivity contribution in [1.82, 2.24) is 4.90 Å². The van der Waals surface area contributed by atoms with Crippen LogP contribution in [0.4, 0.5) is 4.39 Å². The first-order chi connectivity index (χ1) is 15.4. The number of carbonyl (C=O) groups excluding carboxylic acids is 1. The number of hydrogen-bond acceptors (Lipinski definition) is 4. The van der Waals surface area contributed by atoms with Gasteiger partial charge in [0.25, 0.3) is 5.91 Å². The molecule has 0 aliphatic carbocycles. The Kier molecular flexibility index (Phi) is 7.08. The molecule has 0 bridgehead atoms. The number of carbonyl (C=O) groups is 1. The van der Waals surface area contributed by atoms with Crippen LogP contribution in [0.1, 0.15) is 22.3 Å². The van der Waals surface area contributed by atoms with Crippen molar-refractivity contribution < 1.29 is 13.9 Å². The van der Waals surface area contributed by atoms with Crippen molar-refractivity contribution in [3.05, 3.63) is 104 Å². The third kappa shape index (κ3) is 5.28. The van der Waals surface area contributed by atoms with E-state index in [0.717, 1.165) is 15.6 Å². The summed E-state index contributed by atoms with van der Waals surface area (Å²) in [5.74, 6) is 0.101.